The Bertz CT molecular complexity index is 1170. The van der Waals surface area contributed by atoms with Crippen molar-refractivity contribution in [2.24, 2.45) is 0 Å². The van der Waals surface area contributed by atoms with Gasteiger partial charge in [0.1, 0.15) is 0 Å². The summed E-state index contributed by atoms with van der Waals surface area (Å²) < 4.78 is 1.07. The van der Waals surface area contributed by atoms with Crippen LogP contribution in [0.15, 0.2) is 64.9 Å². The van der Waals surface area contributed by atoms with Crippen LogP contribution in [-0.4, -0.2) is 23.7 Å². The first-order chi connectivity index (χ1) is 14.2. The van der Waals surface area contributed by atoms with Crippen LogP contribution in [0.2, 0.25) is 0 Å². The van der Waals surface area contributed by atoms with Gasteiger partial charge in [0.2, 0.25) is 0 Å². The molecule has 0 aliphatic carbocycles. The summed E-state index contributed by atoms with van der Waals surface area (Å²) in [5.74, 6) is -0.102. The zero-order valence-electron chi connectivity index (χ0n) is 15.7. The highest BCUT2D eigenvalue weighted by molar-refractivity contribution is 7.98. The average Bonchev–Trinajstić information content (AvgIpc) is 3.43. The Morgan fingerprint density at radius 1 is 1.21 bits per heavy atom. The molecule has 0 spiro atoms. The number of nitriles is 1. The molecule has 0 unspecified atom stereocenters. The van der Waals surface area contributed by atoms with Crippen molar-refractivity contribution in [2.45, 2.75) is 11.3 Å². The number of hydrogen-bond acceptors (Lipinski definition) is 6. The second-order valence-electron chi connectivity index (χ2n) is 6.31. The van der Waals surface area contributed by atoms with Crippen molar-refractivity contribution in [1.29, 1.82) is 5.26 Å². The number of nitrogens with zero attached hydrogens (tertiary/aromatic N) is 3. The van der Waals surface area contributed by atoms with Gasteiger partial charge in [-0.25, -0.2) is 4.98 Å². The minimum Gasteiger partial charge on any atom is -0.284 e. The fraction of sp³-hybridized carbons (Fsp3) is 0.136. The minimum absolute atomic E-state index is 0.102. The molecule has 2 heterocycles. The third-order valence-corrected chi connectivity index (χ3v) is 7.19. The molecule has 0 N–H and O–H groups in total. The molecule has 29 heavy (non-hydrogen) atoms. The number of anilines is 1. The molecule has 7 heteroatoms. The zero-order valence-corrected chi connectivity index (χ0v) is 18.1. The zero-order chi connectivity index (χ0) is 20.2. The van der Waals surface area contributed by atoms with Gasteiger partial charge in [-0.2, -0.15) is 5.26 Å². The smallest absolute Gasteiger partial charge is 0.260 e. The maximum absolute atomic E-state index is 13.3. The summed E-state index contributed by atoms with van der Waals surface area (Å²) in [6.45, 7) is 0.550. The van der Waals surface area contributed by atoms with Crippen LogP contribution in [0.3, 0.4) is 0 Å². The molecule has 0 bridgehead atoms. The first-order valence-corrected chi connectivity index (χ1v) is 11.9. The number of benzene rings is 2. The third kappa shape index (κ3) is 4.35. The molecule has 0 atom stereocenters. The highest BCUT2D eigenvalue weighted by Gasteiger charge is 2.21. The van der Waals surface area contributed by atoms with Crippen LogP contribution in [0.1, 0.15) is 20.8 Å². The van der Waals surface area contributed by atoms with Gasteiger partial charge in [-0.1, -0.05) is 17.4 Å². The van der Waals surface area contributed by atoms with E-state index in [4.69, 9.17) is 10.2 Å². The van der Waals surface area contributed by atoms with E-state index in [0.29, 0.717) is 22.8 Å². The number of hydrogen-bond donors (Lipinski definition) is 0. The van der Waals surface area contributed by atoms with Crippen molar-refractivity contribution in [1.82, 2.24) is 4.98 Å². The fourth-order valence-corrected chi connectivity index (χ4v) is 5.18. The van der Waals surface area contributed by atoms with Gasteiger partial charge in [0, 0.05) is 21.9 Å². The molecule has 0 saturated carbocycles. The molecule has 0 saturated heterocycles. The van der Waals surface area contributed by atoms with Crippen LogP contribution in [0, 0.1) is 11.3 Å². The number of thioether (sulfide) groups is 1. The number of thiophene rings is 1. The lowest BCUT2D eigenvalue weighted by atomic mass is 10.1. The SMILES string of the molecule is CSc1ccc2nc(N(CCc3cccs3)C(=O)c3ccc(C#N)cc3)sc2c1. The molecular formula is C22H17N3OS3. The lowest BCUT2D eigenvalue weighted by Crippen LogP contribution is -2.32. The molecule has 0 fully saturated rings. The van der Waals surface area contributed by atoms with Crippen LogP contribution in [0.25, 0.3) is 10.2 Å². The van der Waals surface area contributed by atoms with E-state index in [1.807, 2.05) is 23.8 Å². The molecule has 2 aromatic heterocycles. The van der Waals surface area contributed by atoms with Gasteiger partial charge in [-0.05, 0) is 66.6 Å². The fourth-order valence-electron chi connectivity index (χ4n) is 2.94. The van der Waals surface area contributed by atoms with Gasteiger partial charge in [0.05, 0.1) is 21.8 Å². The van der Waals surface area contributed by atoms with E-state index in [1.165, 1.54) is 21.1 Å². The average molecular weight is 436 g/mol. The largest absolute Gasteiger partial charge is 0.284 e. The van der Waals surface area contributed by atoms with Crippen LogP contribution in [-0.2, 0) is 6.42 Å². The standard InChI is InChI=1S/C22H17N3OS3/c1-27-18-8-9-19-20(13-18)29-22(24-19)25(11-10-17-3-2-12-28-17)21(26)16-6-4-15(14-23)5-7-16/h2-9,12-13H,10-11H2,1H3. The normalized spacial score (nSPS) is 10.8. The summed E-state index contributed by atoms with van der Waals surface area (Å²) in [6.07, 6.45) is 2.82. The number of aromatic nitrogens is 1. The van der Waals surface area contributed by atoms with Crippen LogP contribution in [0.4, 0.5) is 5.13 Å². The Balaban J connectivity index is 1.68. The molecule has 2 aromatic carbocycles. The number of carbonyl (C=O) groups is 1. The first-order valence-electron chi connectivity index (χ1n) is 8.97. The second kappa shape index (κ2) is 8.78. The van der Waals surface area contributed by atoms with Gasteiger partial charge in [0.15, 0.2) is 5.13 Å². The lowest BCUT2D eigenvalue weighted by Gasteiger charge is -2.19. The second-order valence-corrected chi connectivity index (χ2v) is 9.23. The maximum Gasteiger partial charge on any atom is 0.260 e. The van der Waals surface area contributed by atoms with E-state index < -0.39 is 0 Å². The molecule has 0 aliphatic heterocycles. The molecule has 4 aromatic rings. The monoisotopic (exact) mass is 435 g/mol. The van der Waals surface area contributed by atoms with Crippen molar-refractivity contribution >= 4 is 55.7 Å². The molecular weight excluding hydrogens is 418 g/mol. The van der Waals surface area contributed by atoms with Crippen molar-refractivity contribution < 1.29 is 4.79 Å². The van der Waals surface area contributed by atoms with E-state index in [-0.39, 0.29) is 5.91 Å². The van der Waals surface area contributed by atoms with E-state index in [0.717, 1.165) is 16.6 Å². The Morgan fingerprint density at radius 3 is 2.72 bits per heavy atom. The number of fused-ring (bicyclic) bond motifs is 1. The van der Waals surface area contributed by atoms with E-state index in [1.54, 1.807) is 52.3 Å². The highest BCUT2D eigenvalue weighted by atomic mass is 32.2. The van der Waals surface area contributed by atoms with Crippen molar-refractivity contribution in [3.63, 3.8) is 0 Å². The van der Waals surface area contributed by atoms with Crippen molar-refractivity contribution in [3.05, 3.63) is 76.0 Å². The summed E-state index contributed by atoms with van der Waals surface area (Å²) in [5, 5.41) is 11.8. The summed E-state index contributed by atoms with van der Waals surface area (Å²) in [6, 6.07) is 19.1. The van der Waals surface area contributed by atoms with Crippen LogP contribution < -0.4 is 4.90 Å². The number of rotatable bonds is 6. The van der Waals surface area contributed by atoms with Gasteiger partial charge in [-0.3, -0.25) is 9.69 Å². The van der Waals surface area contributed by atoms with Gasteiger partial charge in [0.25, 0.3) is 5.91 Å². The number of amides is 1. The van der Waals surface area contributed by atoms with Gasteiger partial charge >= 0.3 is 0 Å². The number of carbonyl (C=O) groups excluding carboxylic acids is 1. The number of thiazole rings is 1. The third-order valence-electron chi connectivity index (χ3n) is 4.48. The topological polar surface area (TPSA) is 57.0 Å². The van der Waals surface area contributed by atoms with E-state index in [2.05, 4.69) is 24.3 Å². The van der Waals surface area contributed by atoms with E-state index >= 15 is 0 Å². The maximum atomic E-state index is 13.3. The van der Waals surface area contributed by atoms with Crippen LogP contribution in [0.5, 0.6) is 0 Å². The predicted molar refractivity (Wildman–Crippen MR) is 122 cm³/mol. The quantitative estimate of drug-likeness (QED) is 0.357. The van der Waals surface area contributed by atoms with Crippen molar-refractivity contribution in [2.75, 3.05) is 17.7 Å². The molecule has 0 aliphatic rings. The summed E-state index contributed by atoms with van der Waals surface area (Å²) in [4.78, 5) is 22.2. The predicted octanol–water partition coefficient (Wildman–Crippen LogP) is 5.84. The Morgan fingerprint density at radius 2 is 2.03 bits per heavy atom. The van der Waals surface area contributed by atoms with E-state index in [9.17, 15) is 4.79 Å². The van der Waals surface area contributed by atoms with Crippen LogP contribution >= 0.6 is 34.4 Å². The Labute approximate surface area is 181 Å². The Hall–Kier alpha value is -2.66. The minimum atomic E-state index is -0.102. The summed E-state index contributed by atoms with van der Waals surface area (Å²) >= 11 is 4.91. The van der Waals surface area contributed by atoms with Crippen molar-refractivity contribution in [3.8, 4) is 6.07 Å². The molecule has 144 valence electrons. The molecule has 1 amide bonds. The summed E-state index contributed by atoms with van der Waals surface area (Å²) in [7, 11) is 0. The molecule has 4 rings (SSSR count). The first kappa shape index (κ1) is 19.6. The summed E-state index contributed by atoms with van der Waals surface area (Å²) in [5.41, 5.74) is 1.99. The van der Waals surface area contributed by atoms with Gasteiger partial charge in [-0.15, -0.1) is 23.1 Å². The Kier molecular flexibility index (Phi) is 5.95. The molecule has 0 radical (unpaired) electrons. The molecule has 4 nitrogen and oxygen atoms in total. The van der Waals surface area contributed by atoms with Gasteiger partial charge < -0.3 is 0 Å². The lowest BCUT2D eigenvalue weighted by molar-refractivity contribution is 0.0987. The highest BCUT2D eigenvalue weighted by Crippen LogP contribution is 2.32.